The molecule has 0 aromatic heterocycles. The molecule has 0 saturated carbocycles. The topological polar surface area (TPSA) is 46.5 Å². The fourth-order valence-corrected chi connectivity index (χ4v) is 3.74. The smallest absolute Gasteiger partial charge is 0.303 e. The number of carbonyl (C=O) groups is 1. The summed E-state index contributed by atoms with van der Waals surface area (Å²) in [6.45, 7) is 4.18. The molecule has 0 spiro atoms. The Morgan fingerprint density at radius 1 is 1.56 bits per heavy atom. The molecule has 1 heterocycles. The molecule has 0 radical (unpaired) electrons. The highest BCUT2D eigenvalue weighted by Crippen LogP contribution is 2.42. The number of ether oxygens (including phenoxy) is 1. The Balaban J connectivity index is 2.36. The van der Waals surface area contributed by atoms with E-state index in [0.29, 0.717) is 0 Å². The Hall–Kier alpha value is -1.16. The summed E-state index contributed by atoms with van der Waals surface area (Å²) < 4.78 is 5.43. The maximum absolute atomic E-state index is 10.8. The minimum atomic E-state index is -0.707. The molecule has 1 aromatic rings. The molecule has 0 saturated heterocycles. The zero-order chi connectivity index (χ0) is 13.3. The summed E-state index contributed by atoms with van der Waals surface area (Å²) >= 11 is 1.72. The lowest BCUT2D eigenvalue weighted by molar-refractivity contribution is -0.137. The molecule has 1 atom stereocenters. The van der Waals surface area contributed by atoms with Crippen LogP contribution in [0.25, 0.3) is 0 Å². The first-order valence-corrected chi connectivity index (χ1v) is 7.03. The van der Waals surface area contributed by atoms with Crippen molar-refractivity contribution in [1.82, 2.24) is 0 Å². The average Bonchev–Trinajstić information content (AvgIpc) is 2.33. The number of carboxylic acids is 1. The number of aryl methyl sites for hydroxylation is 1. The molecule has 4 heteroatoms. The van der Waals surface area contributed by atoms with E-state index >= 15 is 0 Å². The van der Waals surface area contributed by atoms with Gasteiger partial charge in [0.25, 0.3) is 0 Å². The fraction of sp³-hybridized carbons (Fsp3) is 0.500. The van der Waals surface area contributed by atoms with Crippen LogP contribution in [0.1, 0.15) is 23.1 Å². The van der Waals surface area contributed by atoms with Crippen LogP contribution in [0.5, 0.6) is 5.75 Å². The third kappa shape index (κ3) is 2.48. The van der Waals surface area contributed by atoms with Crippen LogP contribution in [-0.4, -0.2) is 23.9 Å². The zero-order valence-corrected chi connectivity index (χ0v) is 11.8. The van der Waals surface area contributed by atoms with Gasteiger partial charge in [-0.05, 0) is 48.9 Å². The van der Waals surface area contributed by atoms with Crippen LogP contribution in [-0.2, 0) is 11.2 Å². The van der Waals surface area contributed by atoms with Crippen molar-refractivity contribution < 1.29 is 14.6 Å². The number of hydrogen-bond acceptors (Lipinski definition) is 3. The van der Waals surface area contributed by atoms with Gasteiger partial charge in [0.2, 0.25) is 0 Å². The van der Waals surface area contributed by atoms with Crippen molar-refractivity contribution >= 4 is 17.7 Å². The number of thioether (sulfide) groups is 1. The van der Waals surface area contributed by atoms with Crippen LogP contribution >= 0.6 is 11.8 Å². The van der Waals surface area contributed by atoms with Crippen LogP contribution in [0.2, 0.25) is 0 Å². The number of fused-ring (bicyclic) bond motifs is 1. The summed E-state index contributed by atoms with van der Waals surface area (Å²) in [5.41, 5.74) is 3.75. The van der Waals surface area contributed by atoms with Gasteiger partial charge in [0.05, 0.1) is 12.0 Å². The molecule has 3 nitrogen and oxygen atoms in total. The molecule has 1 aliphatic heterocycles. The summed E-state index contributed by atoms with van der Waals surface area (Å²) in [5.74, 6) is 1.30. The van der Waals surface area contributed by atoms with Crippen molar-refractivity contribution in [2.75, 3.05) is 12.9 Å². The standard InChI is InChI=1S/C14H18O3S/c1-8-4-12(17-3)14-11(9(8)2)5-10(7-18-14)6-13(15)16/h4,10H,5-7H2,1-3H3,(H,15,16). The van der Waals surface area contributed by atoms with Crippen LogP contribution < -0.4 is 4.74 Å². The van der Waals surface area contributed by atoms with Gasteiger partial charge in [0.1, 0.15) is 5.75 Å². The average molecular weight is 266 g/mol. The van der Waals surface area contributed by atoms with E-state index in [9.17, 15) is 4.79 Å². The molecule has 0 bridgehead atoms. The molecular formula is C14H18O3S. The van der Waals surface area contributed by atoms with E-state index in [-0.39, 0.29) is 12.3 Å². The number of carboxylic acid groups (broad SMARTS) is 1. The summed E-state index contributed by atoms with van der Waals surface area (Å²) in [7, 11) is 1.69. The summed E-state index contributed by atoms with van der Waals surface area (Å²) in [4.78, 5) is 12.0. The fourth-order valence-electron chi connectivity index (χ4n) is 2.41. The van der Waals surface area contributed by atoms with Crippen LogP contribution in [0, 0.1) is 19.8 Å². The van der Waals surface area contributed by atoms with Crippen LogP contribution in [0.15, 0.2) is 11.0 Å². The normalized spacial score (nSPS) is 18.3. The molecule has 1 aliphatic rings. The lowest BCUT2D eigenvalue weighted by Crippen LogP contribution is -2.18. The van der Waals surface area contributed by atoms with Crippen molar-refractivity contribution in [2.45, 2.75) is 31.6 Å². The van der Waals surface area contributed by atoms with Crippen molar-refractivity contribution in [3.63, 3.8) is 0 Å². The van der Waals surface area contributed by atoms with Gasteiger partial charge in [-0.25, -0.2) is 0 Å². The summed E-state index contributed by atoms with van der Waals surface area (Å²) in [5, 5.41) is 8.90. The highest BCUT2D eigenvalue weighted by Gasteiger charge is 2.25. The first kappa shape index (κ1) is 13.3. The Bertz CT molecular complexity index is 482. The third-order valence-electron chi connectivity index (χ3n) is 3.53. The van der Waals surface area contributed by atoms with Crippen molar-refractivity contribution in [3.8, 4) is 5.75 Å². The van der Waals surface area contributed by atoms with Gasteiger partial charge in [0, 0.05) is 12.2 Å². The second-order valence-electron chi connectivity index (χ2n) is 4.81. The van der Waals surface area contributed by atoms with E-state index < -0.39 is 5.97 Å². The quantitative estimate of drug-likeness (QED) is 0.913. The maximum Gasteiger partial charge on any atom is 0.303 e. The van der Waals surface area contributed by atoms with E-state index in [1.807, 2.05) is 0 Å². The van der Waals surface area contributed by atoms with Crippen LogP contribution in [0.3, 0.4) is 0 Å². The molecule has 98 valence electrons. The van der Waals surface area contributed by atoms with E-state index in [1.165, 1.54) is 21.6 Å². The molecular weight excluding hydrogens is 248 g/mol. The molecule has 1 N–H and O–H groups in total. The van der Waals surface area contributed by atoms with Crippen LogP contribution in [0.4, 0.5) is 0 Å². The lowest BCUT2D eigenvalue weighted by Gasteiger charge is -2.27. The van der Waals surface area contributed by atoms with Gasteiger partial charge < -0.3 is 9.84 Å². The molecule has 1 aromatic carbocycles. The Kier molecular flexibility index (Phi) is 3.85. The Morgan fingerprint density at radius 2 is 2.28 bits per heavy atom. The van der Waals surface area contributed by atoms with Gasteiger partial charge >= 0.3 is 5.97 Å². The molecule has 18 heavy (non-hydrogen) atoms. The van der Waals surface area contributed by atoms with Gasteiger partial charge in [-0.15, -0.1) is 11.8 Å². The van der Waals surface area contributed by atoms with E-state index in [4.69, 9.17) is 9.84 Å². The molecule has 2 rings (SSSR count). The first-order valence-electron chi connectivity index (χ1n) is 6.04. The largest absolute Gasteiger partial charge is 0.496 e. The number of hydrogen-bond donors (Lipinski definition) is 1. The molecule has 1 unspecified atom stereocenters. The predicted molar refractivity (Wildman–Crippen MR) is 72.6 cm³/mol. The van der Waals surface area contributed by atoms with E-state index in [1.54, 1.807) is 18.9 Å². The van der Waals surface area contributed by atoms with Crippen molar-refractivity contribution in [2.24, 2.45) is 5.92 Å². The summed E-state index contributed by atoms with van der Waals surface area (Å²) in [6, 6.07) is 2.07. The molecule has 0 aliphatic carbocycles. The predicted octanol–water partition coefficient (Wildman–Crippen LogP) is 3.05. The highest BCUT2D eigenvalue weighted by atomic mass is 32.2. The number of methoxy groups -OCH3 is 1. The number of benzene rings is 1. The number of aliphatic carboxylic acids is 1. The van der Waals surface area contributed by atoms with Crippen molar-refractivity contribution in [3.05, 3.63) is 22.8 Å². The number of rotatable bonds is 3. The monoisotopic (exact) mass is 266 g/mol. The van der Waals surface area contributed by atoms with E-state index in [2.05, 4.69) is 19.9 Å². The Labute approximate surface area is 112 Å². The second-order valence-corrected chi connectivity index (χ2v) is 5.84. The second kappa shape index (κ2) is 5.22. The SMILES string of the molecule is COc1cc(C)c(C)c2c1SCC(CC(=O)O)C2. The molecule has 0 fully saturated rings. The Morgan fingerprint density at radius 3 is 2.89 bits per heavy atom. The van der Waals surface area contributed by atoms with Crippen molar-refractivity contribution in [1.29, 1.82) is 0 Å². The van der Waals surface area contributed by atoms with Gasteiger partial charge in [-0.2, -0.15) is 0 Å². The summed E-state index contributed by atoms with van der Waals surface area (Å²) in [6.07, 6.45) is 1.10. The van der Waals surface area contributed by atoms with Gasteiger partial charge in [-0.1, -0.05) is 0 Å². The highest BCUT2D eigenvalue weighted by molar-refractivity contribution is 7.99. The van der Waals surface area contributed by atoms with E-state index in [0.717, 1.165) is 17.9 Å². The maximum atomic E-state index is 10.8. The lowest BCUT2D eigenvalue weighted by atomic mass is 9.92. The third-order valence-corrected chi connectivity index (χ3v) is 4.90. The minimum absolute atomic E-state index is 0.227. The minimum Gasteiger partial charge on any atom is -0.496 e. The van der Waals surface area contributed by atoms with Gasteiger partial charge in [-0.3, -0.25) is 4.79 Å². The van der Waals surface area contributed by atoms with Gasteiger partial charge in [0.15, 0.2) is 0 Å². The first-order chi connectivity index (χ1) is 8.52. The zero-order valence-electron chi connectivity index (χ0n) is 10.9. The molecule has 0 amide bonds.